The third-order valence-corrected chi connectivity index (χ3v) is 10.1. The van der Waals surface area contributed by atoms with Gasteiger partial charge in [0.1, 0.15) is 11.5 Å². The molecule has 6 rings (SSSR count). The van der Waals surface area contributed by atoms with Gasteiger partial charge in [-0.1, -0.05) is 50.3 Å². The maximum absolute atomic E-state index is 14.1. The van der Waals surface area contributed by atoms with Gasteiger partial charge >= 0.3 is 0 Å². The lowest BCUT2D eigenvalue weighted by Crippen LogP contribution is -3.00. The van der Waals surface area contributed by atoms with Crippen molar-refractivity contribution < 1.29 is 71.3 Å². The number of aryl methyl sites for hydroxylation is 1. The number of nitrogens with one attached hydrogen (secondary N) is 2. The van der Waals surface area contributed by atoms with Gasteiger partial charge in [0, 0.05) is 53.6 Å². The average Bonchev–Trinajstić information content (AvgIpc) is 3.01. The van der Waals surface area contributed by atoms with E-state index >= 15 is 0 Å². The quantitative estimate of drug-likeness (QED) is 0.200. The number of halogens is 2. The number of carbonyl (C=O) groups excluding carboxylic acids is 2. The van der Waals surface area contributed by atoms with Crippen LogP contribution in [0.25, 0.3) is 0 Å². The monoisotopic (exact) mass is 850 g/mol. The third-order valence-electron chi connectivity index (χ3n) is 10.1. The van der Waals surface area contributed by atoms with E-state index in [1.54, 1.807) is 6.07 Å². The average molecular weight is 851 g/mol. The van der Waals surface area contributed by atoms with Gasteiger partial charge in [-0.3, -0.25) is 14.9 Å². The molecule has 9 heteroatoms. The molecule has 2 aliphatic heterocycles. The number of carbonyl (C=O) groups is 2. The molecule has 2 amide bonds. The Hall–Kier alpha value is -2.25. The van der Waals surface area contributed by atoms with Crippen molar-refractivity contribution in [3.05, 3.63) is 89.2 Å². The summed E-state index contributed by atoms with van der Waals surface area (Å²) in [6.45, 7) is 5.87. The van der Waals surface area contributed by atoms with Crippen LogP contribution in [-0.2, 0) is 11.5 Å². The Labute approximate surface area is 308 Å². The van der Waals surface area contributed by atoms with Crippen molar-refractivity contribution in [3.8, 4) is 11.5 Å². The second kappa shape index (κ2) is 16.7. The molecule has 1 aliphatic carbocycles. The van der Waals surface area contributed by atoms with Crippen molar-refractivity contribution in [2.75, 3.05) is 26.7 Å². The van der Waals surface area contributed by atoms with E-state index in [9.17, 15) is 9.59 Å². The molecule has 1 aromatic heterocycles. The summed E-state index contributed by atoms with van der Waals surface area (Å²) >= 11 is 0. The van der Waals surface area contributed by atoms with Crippen LogP contribution < -0.4 is 67.9 Å². The molecule has 2 fully saturated rings. The number of hydrogen-bond acceptors (Lipinski definition) is 3. The number of para-hydroxylation sites is 1. The molecule has 46 heavy (non-hydrogen) atoms. The number of fused-ring (bicyclic) bond motifs is 2. The molecule has 1 saturated carbocycles. The lowest BCUT2D eigenvalue weighted by Gasteiger charge is -2.43. The Kier molecular flexibility index (Phi) is 13.3. The molecule has 1 saturated heterocycles. The normalized spacial score (nSPS) is 22.7. The molecule has 0 spiro atoms. The zero-order valence-corrected chi connectivity index (χ0v) is 31.5. The molecule has 0 bridgehead atoms. The third kappa shape index (κ3) is 9.00. The van der Waals surface area contributed by atoms with Gasteiger partial charge in [-0.2, -0.15) is 4.57 Å². The van der Waals surface area contributed by atoms with Gasteiger partial charge in [-0.05, 0) is 49.6 Å². The van der Waals surface area contributed by atoms with Crippen molar-refractivity contribution in [3.63, 3.8) is 0 Å². The van der Waals surface area contributed by atoms with Crippen molar-refractivity contribution in [2.45, 2.75) is 83.3 Å². The highest BCUT2D eigenvalue weighted by molar-refractivity contribution is 5.96. The zero-order chi connectivity index (χ0) is 30.5. The zero-order valence-electron chi connectivity index (χ0n) is 27.2. The second-order valence-corrected chi connectivity index (χ2v) is 13.6. The molecule has 3 aliphatic rings. The largest absolute Gasteiger partial charge is 1.00 e. The van der Waals surface area contributed by atoms with Gasteiger partial charge in [0.2, 0.25) is 12.6 Å². The van der Waals surface area contributed by atoms with Crippen LogP contribution in [0.1, 0.15) is 90.8 Å². The SMILES string of the molecule is Cc1cc[n+](CNC(=O)c2ccc3c(c2)C(C(=O)NC2CC[N+](C)(CC4CCCCCCC4)CC2)c2ccccc2O3)cc1.[I-].[I-]. The van der Waals surface area contributed by atoms with E-state index in [0.29, 0.717) is 23.7 Å². The lowest BCUT2D eigenvalue weighted by atomic mass is 9.85. The maximum atomic E-state index is 14.1. The number of benzene rings is 2. The van der Waals surface area contributed by atoms with Gasteiger partial charge in [0.25, 0.3) is 5.91 Å². The smallest absolute Gasteiger partial charge is 0.256 e. The van der Waals surface area contributed by atoms with E-state index < -0.39 is 5.92 Å². The Bertz CT molecular complexity index is 1470. The number of hydrogen-bond donors (Lipinski definition) is 2. The first-order valence-electron chi connectivity index (χ1n) is 16.7. The summed E-state index contributed by atoms with van der Waals surface area (Å²) in [6, 6.07) is 17.3. The number of rotatable bonds is 7. The van der Waals surface area contributed by atoms with E-state index in [0.717, 1.165) is 47.5 Å². The minimum atomic E-state index is -0.535. The van der Waals surface area contributed by atoms with Gasteiger partial charge in [-0.25, -0.2) is 0 Å². The molecular weight excluding hydrogens is 802 g/mol. The molecule has 2 aromatic carbocycles. The van der Waals surface area contributed by atoms with Crippen LogP contribution in [0.15, 0.2) is 67.0 Å². The molecule has 3 heterocycles. The van der Waals surface area contributed by atoms with Crippen LogP contribution in [0.4, 0.5) is 0 Å². The van der Waals surface area contributed by atoms with Crippen molar-refractivity contribution in [1.82, 2.24) is 10.6 Å². The number of ether oxygens (including phenoxy) is 1. The second-order valence-electron chi connectivity index (χ2n) is 13.6. The van der Waals surface area contributed by atoms with Crippen LogP contribution in [0.5, 0.6) is 11.5 Å². The van der Waals surface area contributed by atoms with E-state index in [1.807, 2.05) is 72.4 Å². The van der Waals surface area contributed by atoms with Crippen LogP contribution in [0.3, 0.4) is 0 Å². The fourth-order valence-electron chi connectivity index (χ4n) is 7.44. The van der Waals surface area contributed by atoms with E-state index in [2.05, 4.69) is 17.7 Å². The number of amides is 2. The first-order valence-corrected chi connectivity index (χ1v) is 16.7. The van der Waals surface area contributed by atoms with Crippen molar-refractivity contribution in [1.29, 1.82) is 0 Å². The maximum Gasteiger partial charge on any atom is 0.256 e. The topological polar surface area (TPSA) is 71.3 Å². The van der Waals surface area contributed by atoms with Crippen LogP contribution in [0.2, 0.25) is 0 Å². The van der Waals surface area contributed by atoms with Crippen LogP contribution in [-0.4, -0.2) is 49.0 Å². The molecule has 1 unspecified atom stereocenters. The first-order chi connectivity index (χ1) is 21.4. The minimum Gasteiger partial charge on any atom is -1.00 e. The highest BCUT2D eigenvalue weighted by Crippen LogP contribution is 2.44. The lowest BCUT2D eigenvalue weighted by molar-refractivity contribution is -0.917. The van der Waals surface area contributed by atoms with Gasteiger partial charge < -0.3 is 62.5 Å². The first kappa shape index (κ1) is 36.6. The van der Waals surface area contributed by atoms with Gasteiger partial charge in [0.05, 0.1) is 32.6 Å². The molecule has 248 valence electrons. The predicted molar refractivity (Wildman–Crippen MR) is 171 cm³/mol. The Balaban J connectivity index is 0.00000240. The Morgan fingerprint density at radius 2 is 1.50 bits per heavy atom. The fraction of sp³-hybridized carbons (Fsp3) is 0.486. The Morgan fingerprint density at radius 3 is 2.22 bits per heavy atom. The van der Waals surface area contributed by atoms with E-state index in [1.165, 1.54) is 57.1 Å². The molecule has 3 aromatic rings. The summed E-state index contributed by atoms with van der Waals surface area (Å²) in [6.07, 6.45) is 15.6. The summed E-state index contributed by atoms with van der Waals surface area (Å²) in [7, 11) is 2.42. The Morgan fingerprint density at radius 1 is 0.848 bits per heavy atom. The summed E-state index contributed by atoms with van der Waals surface area (Å²) in [5.41, 5.74) is 3.25. The number of pyridine rings is 1. The van der Waals surface area contributed by atoms with E-state index in [-0.39, 0.29) is 65.8 Å². The van der Waals surface area contributed by atoms with Crippen molar-refractivity contribution in [2.24, 2.45) is 5.92 Å². The molecule has 7 nitrogen and oxygen atoms in total. The number of likely N-dealkylation sites (tertiary alicyclic amines) is 1. The number of nitrogens with zero attached hydrogens (tertiary/aromatic N) is 2. The molecular formula is C37H48I2N4O3. The molecule has 2 N–H and O–H groups in total. The predicted octanol–water partition coefficient (Wildman–Crippen LogP) is 0.00132. The summed E-state index contributed by atoms with van der Waals surface area (Å²) in [5.74, 6) is 1.42. The standard InChI is InChI=1S/C37H46N4O3.2HI/c1-27-16-20-40(21-17-27)26-38-36(42)29-14-15-34-32(24-29)35(31-12-8-9-13-33(31)44-34)37(43)39-30-18-22-41(2,23-19-30)25-28-10-6-4-3-5-7-11-28;;/h8-9,12-17,20-21,24,28,30,35H,3-7,10-11,18-19,22-23,25-26H2,1-2H3;2*1H. The van der Waals surface area contributed by atoms with Crippen molar-refractivity contribution >= 4 is 11.8 Å². The number of aromatic nitrogens is 1. The minimum absolute atomic E-state index is 0. The summed E-state index contributed by atoms with van der Waals surface area (Å²) < 4.78 is 9.27. The number of quaternary nitrogens is 1. The molecule has 1 atom stereocenters. The number of piperidine rings is 1. The van der Waals surface area contributed by atoms with E-state index in [4.69, 9.17) is 4.74 Å². The van der Waals surface area contributed by atoms with Gasteiger partial charge in [-0.15, -0.1) is 0 Å². The summed E-state index contributed by atoms with van der Waals surface area (Å²) in [5, 5.41) is 6.42. The fourth-order valence-corrected chi connectivity index (χ4v) is 7.44. The summed E-state index contributed by atoms with van der Waals surface area (Å²) in [4.78, 5) is 27.3. The van der Waals surface area contributed by atoms with Crippen LogP contribution >= 0.6 is 0 Å². The highest BCUT2D eigenvalue weighted by atomic mass is 127. The highest BCUT2D eigenvalue weighted by Gasteiger charge is 2.37. The molecule has 0 radical (unpaired) electrons. The van der Waals surface area contributed by atoms with Gasteiger partial charge in [0.15, 0.2) is 12.4 Å². The van der Waals surface area contributed by atoms with Crippen LogP contribution in [0, 0.1) is 12.8 Å².